The van der Waals surface area contributed by atoms with Crippen LogP contribution in [0.4, 0.5) is 0 Å². The predicted molar refractivity (Wildman–Crippen MR) is 82.4 cm³/mol. The second kappa shape index (κ2) is 4.06. The molecule has 1 saturated heterocycles. The zero-order chi connectivity index (χ0) is 15.1. The third kappa shape index (κ3) is 1.28. The molecule has 22 heavy (non-hydrogen) atoms. The quantitative estimate of drug-likeness (QED) is 0.804. The molecule has 1 N–H and O–H groups in total. The topological polar surface area (TPSA) is 41.9 Å². The number of ether oxygens (including phenoxy) is 2. The predicted octanol–water partition coefficient (Wildman–Crippen LogP) is 1.85. The fourth-order valence-electron chi connectivity index (χ4n) is 5.51. The molecule has 1 aromatic carbocycles. The van der Waals surface area contributed by atoms with Crippen molar-refractivity contribution in [3.05, 3.63) is 35.4 Å². The largest absolute Gasteiger partial charge is 0.504 e. The molecule has 1 spiro atoms. The van der Waals surface area contributed by atoms with Gasteiger partial charge in [-0.05, 0) is 44.1 Å². The molecule has 5 atom stereocenters. The van der Waals surface area contributed by atoms with Crippen molar-refractivity contribution < 1.29 is 14.6 Å². The number of hydrogen-bond donors (Lipinski definition) is 1. The normalized spacial score (nSPS) is 41.2. The lowest BCUT2D eigenvalue weighted by Crippen LogP contribution is -2.66. The van der Waals surface area contributed by atoms with Crippen molar-refractivity contribution >= 4 is 0 Å². The highest BCUT2D eigenvalue weighted by Gasteiger charge is 2.64. The van der Waals surface area contributed by atoms with Gasteiger partial charge in [-0.1, -0.05) is 12.1 Å². The van der Waals surface area contributed by atoms with E-state index >= 15 is 0 Å². The summed E-state index contributed by atoms with van der Waals surface area (Å²) in [5, 5.41) is 10.3. The minimum atomic E-state index is -0.0335. The van der Waals surface area contributed by atoms with Crippen LogP contribution in [0.3, 0.4) is 0 Å². The Bertz CT molecular complexity index is 685. The van der Waals surface area contributed by atoms with Crippen LogP contribution in [0.5, 0.6) is 11.5 Å². The molecule has 116 valence electrons. The molecule has 5 unspecified atom stereocenters. The SMILES string of the molecule is COC1C=CC2Oc3c(O)ccc4c3C23CCN(C)C(C4)C13. The minimum absolute atomic E-state index is 0.0300. The fraction of sp³-hybridized carbons (Fsp3) is 0.556. The number of rotatable bonds is 1. The summed E-state index contributed by atoms with van der Waals surface area (Å²) >= 11 is 0. The summed E-state index contributed by atoms with van der Waals surface area (Å²) in [6.07, 6.45) is 6.53. The van der Waals surface area contributed by atoms with E-state index in [4.69, 9.17) is 9.47 Å². The highest BCUT2D eigenvalue weighted by molar-refractivity contribution is 5.61. The Balaban J connectivity index is 1.82. The van der Waals surface area contributed by atoms with Gasteiger partial charge in [0.05, 0.1) is 6.10 Å². The van der Waals surface area contributed by atoms with Gasteiger partial charge in [0, 0.05) is 30.0 Å². The Labute approximate surface area is 130 Å². The van der Waals surface area contributed by atoms with E-state index in [1.54, 1.807) is 13.2 Å². The molecule has 2 aliphatic heterocycles. The summed E-state index contributed by atoms with van der Waals surface area (Å²) in [5.74, 6) is 1.39. The molecule has 2 heterocycles. The Morgan fingerprint density at radius 2 is 2.23 bits per heavy atom. The number of phenols is 1. The molecular weight excluding hydrogens is 278 g/mol. The van der Waals surface area contributed by atoms with Crippen molar-refractivity contribution in [3.8, 4) is 11.5 Å². The second-order valence-electron chi connectivity index (χ2n) is 7.14. The fourth-order valence-corrected chi connectivity index (χ4v) is 5.51. The molecule has 0 amide bonds. The molecule has 1 fully saturated rings. The zero-order valence-corrected chi connectivity index (χ0v) is 13.0. The monoisotopic (exact) mass is 299 g/mol. The van der Waals surface area contributed by atoms with Crippen LogP contribution in [0, 0.1) is 5.92 Å². The summed E-state index contributed by atoms with van der Waals surface area (Å²) in [5.41, 5.74) is 2.57. The molecule has 4 heteroatoms. The molecular formula is C18H21NO3. The third-order valence-electron chi connectivity index (χ3n) is 6.43. The summed E-state index contributed by atoms with van der Waals surface area (Å²) in [7, 11) is 4.02. The Kier molecular flexibility index (Phi) is 2.39. The van der Waals surface area contributed by atoms with E-state index in [0.29, 0.717) is 12.0 Å². The first-order valence-electron chi connectivity index (χ1n) is 8.10. The van der Waals surface area contributed by atoms with Gasteiger partial charge in [-0.3, -0.25) is 0 Å². The van der Waals surface area contributed by atoms with Gasteiger partial charge >= 0.3 is 0 Å². The molecule has 4 aliphatic rings. The molecule has 1 aromatic rings. The van der Waals surface area contributed by atoms with Gasteiger partial charge in [0.1, 0.15) is 6.10 Å². The lowest BCUT2D eigenvalue weighted by molar-refractivity contribution is -0.0703. The van der Waals surface area contributed by atoms with Crippen LogP contribution in [0.15, 0.2) is 24.3 Å². The average molecular weight is 299 g/mol. The number of phenolic OH excluding ortho intramolecular Hbond substituents is 1. The number of likely N-dealkylation sites (tertiary alicyclic amines) is 1. The lowest BCUT2D eigenvalue weighted by Gasteiger charge is -2.58. The van der Waals surface area contributed by atoms with Crippen LogP contribution in [-0.4, -0.2) is 49.0 Å². The molecule has 0 saturated carbocycles. The summed E-state index contributed by atoms with van der Waals surface area (Å²) < 4.78 is 12.1. The van der Waals surface area contributed by atoms with E-state index in [1.807, 2.05) is 0 Å². The number of likely N-dealkylation sites (N-methyl/N-ethyl adjacent to an activating group) is 1. The summed E-state index contributed by atoms with van der Waals surface area (Å²) in [4.78, 5) is 2.48. The highest BCUT2D eigenvalue weighted by Crippen LogP contribution is 2.62. The van der Waals surface area contributed by atoms with Gasteiger partial charge < -0.3 is 19.5 Å². The van der Waals surface area contributed by atoms with E-state index in [1.165, 1.54) is 11.1 Å². The first-order chi connectivity index (χ1) is 10.7. The Morgan fingerprint density at radius 1 is 1.36 bits per heavy atom. The molecule has 4 nitrogen and oxygen atoms in total. The van der Waals surface area contributed by atoms with Crippen molar-refractivity contribution in [1.82, 2.24) is 4.90 Å². The molecule has 2 aliphatic carbocycles. The van der Waals surface area contributed by atoms with E-state index in [-0.39, 0.29) is 23.4 Å². The van der Waals surface area contributed by atoms with Gasteiger partial charge in [0.2, 0.25) is 0 Å². The zero-order valence-electron chi connectivity index (χ0n) is 13.0. The van der Waals surface area contributed by atoms with Gasteiger partial charge in [0.25, 0.3) is 0 Å². The maximum atomic E-state index is 10.3. The van der Waals surface area contributed by atoms with E-state index in [9.17, 15) is 5.11 Å². The minimum Gasteiger partial charge on any atom is -0.504 e. The molecule has 2 bridgehead atoms. The van der Waals surface area contributed by atoms with E-state index < -0.39 is 0 Å². The number of methoxy groups -OCH3 is 1. The van der Waals surface area contributed by atoms with Crippen molar-refractivity contribution in [2.75, 3.05) is 20.7 Å². The summed E-state index contributed by atoms with van der Waals surface area (Å²) in [6.45, 7) is 1.07. The maximum Gasteiger partial charge on any atom is 0.166 e. The second-order valence-corrected chi connectivity index (χ2v) is 7.14. The van der Waals surface area contributed by atoms with Crippen LogP contribution >= 0.6 is 0 Å². The van der Waals surface area contributed by atoms with Crippen molar-refractivity contribution in [1.29, 1.82) is 0 Å². The van der Waals surface area contributed by atoms with Crippen LogP contribution in [0.1, 0.15) is 17.5 Å². The van der Waals surface area contributed by atoms with Crippen LogP contribution in [0.25, 0.3) is 0 Å². The van der Waals surface area contributed by atoms with Gasteiger partial charge in [-0.25, -0.2) is 0 Å². The van der Waals surface area contributed by atoms with Crippen LogP contribution in [0.2, 0.25) is 0 Å². The molecule has 5 rings (SSSR count). The van der Waals surface area contributed by atoms with Crippen LogP contribution in [-0.2, 0) is 16.6 Å². The van der Waals surface area contributed by atoms with Crippen LogP contribution < -0.4 is 4.74 Å². The Hall–Kier alpha value is -1.52. The van der Waals surface area contributed by atoms with Crippen molar-refractivity contribution in [2.45, 2.75) is 36.5 Å². The Morgan fingerprint density at radius 3 is 3.05 bits per heavy atom. The number of aromatic hydroxyl groups is 1. The van der Waals surface area contributed by atoms with Crippen molar-refractivity contribution in [3.63, 3.8) is 0 Å². The third-order valence-corrected chi connectivity index (χ3v) is 6.43. The molecule has 0 radical (unpaired) electrons. The first-order valence-corrected chi connectivity index (χ1v) is 8.10. The lowest BCUT2D eigenvalue weighted by atomic mass is 9.52. The number of nitrogens with zero attached hydrogens (tertiary/aromatic N) is 1. The van der Waals surface area contributed by atoms with Crippen molar-refractivity contribution in [2.24, 2.45) is 5.92 Å². The first kappa shape index (κ1) is 13.0. The van der Waals surface area contributed by atoms with E-state index in [2.05, 4.69) is 30.2 Å². The average Bonchev–Trinajstić information content (AvgIpc) is 2.87. The number of hydrogen-bond acceptors (Lipinski definition) is 4. The number of benzene rings is 1. The molecule has 0 aromatic heterocycles. The standard InChI is InChI=1S/C18H21NO3/c1-19-8-7-18-14-6-5-13(21-2)16(18)11(19)9-10-3-4-12(20)17(22-14)15(10)18/h3-6,11,13-14,16,20H,7-9H2,1-2H3. The van der Waals surface area contributed by atoms with E-state index in [0.717, 1.165) is 25.1 Å². The maximum absolute atomic E-state index is 10.3. The number of piperidine rings is 1. The van der Waals surface area contributed by atoms with Gasteiger partial charge in [0.15, 0.2) is 11.5 Å². The van der Waals surface area contributed by atoms with Gasteiger partial charge in [-0.15, -0.1) is 0 Å². The highest BCUT2D eigenvalue weighted by atomic mass is 16.5. The summed E-state index contributed by atoms with van der Waals surface area (Å²) in [6, 6.07) is 4.35. The van der Waals surface area contributed by atoms with Gasteiger partial charge in [-0.2, -0.15) is 0 Å². The smallest absolute Gasteiger partial charge is 0.166 e.